The van der Waals surface area contributed by atoms with Crippen molar-refractivity contribution in [3.05, 3.63) is 42.7 Å². The second-order valence-corrected chi connectivity index (χ2v) is 5.09. The molecule has 122 valence electrons. The average molecular weight is 328 g/mol. The van der Waals surface area contributed by atoms with Crippen LogP contribution in [0.3, 0.4) is 0 Å². The van der Waals surface area contributed by atoms with E-state index in [4.69, 9.17) is 11.5 Å². The maximum atomic E-state index is 11.7. The normalized spacial score (nSPS) is 12.2. The van der Waals surface area contributed by atoms with E-state index in [1.807, 2.05) is 0 Å². The van der Waals surface area contributed by atoms with Gasteiger partial charge in [-0.25, -0.2) is 24.3 Å². The van der Waals surface area contributed by atoms with Gasteiger partial charge in [0.15, 0.2) is 36.4 Å². The Balaban J connectivity index is 2.01. The topological polar surface area (TPSA) is 154 Å². The SMILES string of the molecule is NC(=O)c1ccc[n+](CC(C(=O)O)n2cnc3c(N)ncnc32)c1. The number of carboxylic acids is 1. The van der Waals surface area contributed by atoms with Gasteiger partial charge in [-0.2, -0.15) is 0 Å². The fourth-order valence-corrected chi connectivity index (χ4v) is 2.36. The van der Waals surface area contributed by atoms with Gasteiger partial charge >= 0.3 is 5.97 Å². The van der Waals surface area contributed by atoms with Crippen molar-refractivity contribution in [3.63, 3.8) is 0 Å². The molecule has 3 rings (SSSR count). The van der Waals surface area contributed by atoms with Crippen molar-refractivity contribution in [2.45, 2.75) is 12.6 Å². The summed E-state index contributed by atoms with van der Waals surface area (Å²) in [5, 5.41) is 9.59. The Morgan fingerprint density at radius 3 is 2.83 bits per heavy atom. The Labute approximate surface area is 135 Å². The van der Waals surface area contributed by atoms with E-state index in [2.05, 4.69) is 15.0 Å². The van der Waals surface area contributed by atoms with Crippen LogP contribution in [0.2, 0.25) is 0 Å². The van der Waals surface area contributed by atoms with E-state index in [-0.39, 0.29) is 17.9 Å². The molecule has 3 aromatic heterocycles. The summed E-state index contributed by atoms with van der Waals surface area (Å²) in [6.07, 6.45) is 5.73. The smallest absolute Gasteiger partial charge is 0.333 e. The minimum atomic E-state index is -1.08. The molecule has 5 N–H and O–H groups in total. The number of hydrogen-bond acceptors (Lipinski definition) is 6. The molecule has 10 nitrogen and oxygen atoms in total. The first-order valence-electron chi connectivity index (χ1n) is 6.92. The van der Waals surface area contributed by atoms with Crippen molar-refractivity contribution in [2.24, 2.45) is 5.73 Å². The molecule has 0 aromatic carbocycles. The molecule has 10 heteroatoms. The Kier molecular flexibility index (Phi) is 3.78. The average Bonchev–Trinajstić information content (AvgIpc) is 2.98. The molecule has 0 fully saturated rings. The second-order valence-electron chi connectivity index (χ2n) is 5.09. The summed E-state index contributed by atoms with van der Waals surface area (Å²) in [5.41, 5.74) is 11.9. The highest BCUT2D eigenvalue weighted by molar-refractivity contribution is 5.92. The lowest BCUT2D eigenvalue weighted by molar-refractivity contribution is -0.700. The van der Waals surface area contributed by atoms with Gasteiger partial charge in [0, 0.05) is 6.07 Å². The van der Waals surface area contributed by atoms with Gasteiger partial charge in [-0.1, -0.05) is 0 Å². The number of rotatable bonds is 5. The van der Waals surface area contributed by atoms with E-state index in [0.717, 1.165) is 0 Å². The highest BCUT2D eigenvalue weighted by atomic mass is 16.4. The molecule has 1 unspecified atom stereocenters. The number of amides is 1. The third-order valence-electron chi connectivity index (χ3n) is 3.53. The third-order valence-corrected chi connectivity index (χ3v) is 3.53. The van der Waals surface area contributed by atoms with Gasteiger partial charge in [0.25, 0.3) is 5.91 Å². The molecule has 0 bridgehead atoms. The zero-order chi connectivity index (χ0) is 17.3. The zero-order valence-electron chi connectivity index (χ0n) is 12.4. The van der Waals surface area contributed by atoms with Gasteiger partial charge in [-0.05, 0) is 6.07 Å². The number of primary amides is 1. The van der Waals surface area contributed by atoms with E-state index >= 15 is 0 Å². The van der Waals surface area contributed by atoms with Crippen LogP contribution in [-0.4, -0.2) is 36.5 Å². The number of nitrogens with two attached hydrogens (primary N) is 2. The summed E-state index contributed by atoms with van der Waals surface area (Å²) in [5.74, 6) is -1.50. The molecule has 0 aliphatic rings. The molecule has 0 aliphatic carbocycles. The maximum absolute atomic E-state index is 11.7. The van der Waals surface area contributed by atoms with Crippen LogP contribution in [0.1, 0.15) is 16.4 Å². The Morgan fingerprint density at radius 1 is 1.33 bits per heavy atom. The van der Waals surface area contributed by atoms with Crippen molar-refractivity contribution < 1.29 is 19.3 Å². The lowest BCUT2D eigenvalue weighted by atomic mass is 10.2. The number of aliphatic carboxylic acids is 1. The molecule has 3 heterocycles. The van der Waals surface area contributed by atoms with Crippen LogP contribution in [0.5, 0.6) is 0 Å². The molecule has 3 aromatic rings. The summed E-state index contributed by atoms with van der Waals surface area (Å²) in [4.78, 5) is 34.9. The van der Waals surface area contributed by atoms with Crippen LogP contribution >= 0.6 is 0 Å². The standard InChI is InChI=1S/C14H13N7O3/c15-11-10-13(18-6-17-11)21(7-19-10)9(14(23)24)5-20-3-1-2-8(4-20)12(16)22/h1-4,6-7,9H,5H2,(H4-,15,16,17,18,22,23,24)/p+1. The molecule has 1 atom stereocenters. The molecule has 24 heavy (non-hydrogen) atoms. The van der Waals surface area contributed by atoms with Gasteiger partial charge < -0.3 is 16.6 Å². The van der Waals surface area contributed by atoms with Crippen LogP contribution in [0, 0.1) is 0 Å². The number of anilines is 1. The number of nitrogens with zero attached hydrogens (tertiary/aromatic N) is 5. The number of hydrogen-bond donors (Lipinski definition) is 3. The zero-order valence-corrected chi connectivity index (χ0v) is 12.4. The predicted octanol–water partition coefficient (Wildman–Crippen LogP) is -0.879. The van der Waals surface area contributed by atoms with Crippen molar-refractivity contribution in [3.8, 4) is 0 Å². The molecule has 1 amide bonds. The molecule has 0 spiro atoms. The van der Waals surface area contributed by atoms with Gasteiger partial charge in [-0.15, -0.1) is 0 Å². The molecule has 0 saturated heterocycles. The molecular formula is C14H14N7O3+. The Hall–Kier alpha value is -3.56. The van der Waals surface area contributed by atoms with Gasteiger partial charge in [0.2, 0.25) is 0 Å². The number of aromatic nitrogens is 5. The summed E-state index contributed by atoms with van der Waals surface area (Å²) in [7, 11) is 0. The van der Waals surface area contributed by atoms with Gasteiger partial charge in [-0.3, -0.25) is 9.36 Å². The van der Waals surface area contributed by atoms with E-state index in [9.17, 15) is 14.7 Å². The monoisotopic (exact) mass is 328 g/mol. The predicted molar refractivity (Wildman–Crippen MR) is 81.6 cm³/mol. The summed E-state index contributed by atoms with van der Waals surface area (Å²) < 4.78 is 2.97. The quantitative estimate of drug-likeness (QED) is 0.514. The summed E-state index contributed by atoms with van der Waals surface area (Å²) in [6, 6.07) is 2.16. The summed E-state index contributed by atoms with van der Waals surface area (Å²) in [6.45, 7) is 0.0474. The van der Waals surface area contributed by atoms with E-state index < -0.39 is 17.9 Å². The number of imidazole rings is 1. The minimum Gasteiger partial charge on any atom is -0.480 e. The van der Waals surface area contributed by atoms with Crippen molar-refractivity contribution in [1.29, 1.82) is 0 Å². The van der Waals surface area contributed by atoms with Crippen LogP contribution in [-0.2, 0) is 11.3 Å². The van der Waals surface area contributed by atoms with Crippen molar-refractivity contribution in [2.75, 3.05) is 5.73 Å². The summed E-state index contributed by atoms with van der Waals surface area (Å²) >= 11 is 0. The number of carboxylic acid groups (broad SMARTS) is 1. The first kappa shape index (κ1) is 15.3. The highest BCUT2D eigenvalue weighted by Crippen LogP contribution is 2.19. The lowest BCUT2D eigenvalue weighted by Crippen LogP contribution is -2.41. The van der Waals surface area contributed by atoms with Crippen LogP contribution in [0.25, 0.3) is 11.2 Å². The number of carbonyl (C=O) groups excluding carboxylic acids is 1. The largest absolute Gasteiger partial charge is 0.480 e. The third kappa shape index (κ3) is 2.72. The van der Waals surface area contributed by atoms with Gasteiger partial charge in [0.05, 0.1) is 6.33 Å². The molecule has 0 radical (unpaired) electrons. The fraction of sp³-hybridized carbons (Fsp3) is 0.143. The van der Waals surface area contributed by atoms with Crippen molar-refractivity contribution in [1.82, 2.24) is 19.5 Å². The molecular weight excluding hydrogens is 314 g/mol. The molecule has 0 aliphatic heterocycles. The lowest BCUT2D eigenvalue weighted by Gasteiger charge is -2.11. The number of pyridine rings is 1. The van der Waals surface area contributed by atoms with Crippen LogP contribution in [0.15, 0.2) is 37.2 Å². The van der Waals surface area contributed by atoms with E-state index in [1.165, 1.54) is 23.4 Å². The highest BCUT2D eigenvalue weighted by Gasteiger charge is 2.27. The van der Waals surface area contributed by atoms with Gasteiger partial charge in [0.1, 0.15) is 17.4 Å². The first-order valence-corrected chi connectivity index (χ1v) is 6.92. The second kappa shape index (κ2) is 5.91. The minimum absolute atomic E-state index is 0.0474. The Morgan fingerprint density at radius 2 is 2.12 bits per heavy atom. The van der Waals surface area contributed by atoms with Crippen LogP contribution < -0.4 is 16.0 Å². The fourth-order valence-electron chi connectivity index (χ4n) is 2.36. The van der Waals surface area contributed by atoms with E-state index in [0.29, 0.717) is 11.2 Å². The maximum Gasteiger partial charge on any atom is 0.333 e. The van der Waals surface area contributed by atoms with Crippen LogP contribution in [0.4, 0.5) is 5.82 Å². The first-order chi connectivity index (χ1) is 11.5. The number of nitrogen functional groups attached to an aromatic ring is 1. The number of carbonyl (C=O) groups is 2. The Bertz CT molecular complexity index is 937. The number of fused-ring (bicyclic) bond motifs is 1. The molecule has 0 saturated carbocycles. The van der Waals surface area contributed by atoms with Crippen molar-refractivity contribution >= 4 is 28.9 Å². The van der Waals surface area contributed by atoms with E-state index in [1.54, 1.807) is 22.9 Å².